The predicted octanol–water partition coefficient (Wildman–Crippen LogP) is 4.37. The summed E-state index contributed by atoms with van der Waals surface area (Å²) in [4.78, 5) is 0. The quantitative estimate of drug-likeness (QED) is 0.696. The first kappa shape index (κ1) is 12.2. The van der Waals surface area contributed by atoms with E-state index in [1.54, 1.807) is 0 Å². The number of rotatable bonds is 4. The molecule has 13 heavy (non-hydrogen) atoms. The highest BCUT2D eigenvalue weighted by molar-refractivity contribution is 9.28. The molecule has 0 aromatic rings. The van der Waals surface area contributed by atoms with Crippen molar-refractivity contribution >= 4 is 41.3 Å². The number of hydrogen-bond donors (Lipinski definition) is 0. The average Bonchev–Trinajstić information content (AvgIpc) is 2.01. The third kappa shape index (κ3) is 3.30. The second-order valence-corrected chi connectivity index (χ2v) is 6.91. The lowest BCUT2D eigenvalue weighted by Gasteiger charge is -2.43. The standard InChI is InChI=1S/C9H15Br2OP/c1-9(5-2-6-9)7(12-13)3-4-8(10)11/h4,7H,2-3,5-6,13H2,1H3. The molecule has 0 bridgehead atoms. The lowest BCUT2D eigenvalue weighted by atomic mass is 9.66. The van der Waals surface area contributed by atoms with Gasteiger partial charge in [-0.2, -0.15) is 0 Å². The van der Waals surface area contributed by atoms with Crippen LogP contribution in [0.3, 0.4) is 0 Å². The van der Waals surface area contributed by atoms with Crippen LogP contribution < -0.4 is 0 Å². The van der Waals surface area contributed by atoms with E-state index >= 15 is 0 Å². The third-order valence-electron chi connectivity index (χ3n) is 2.92. The maximum Gasteiger partial charge on any atom is 0.0699 e. The van der Waals surface area contributed by atoms with Gasteiger partial charge in [0.05, 0.1) is 9.50 Å². The van der Waals surface area contributed by atoms with Crippen molar-refractivity contribution in [2.24, 2.45) is 5.41 Å². The molecule has 0 aliphatic heterocycles. The van der Waals surface area contributed by atoms with Crippen LogP contribution in [-0.4, -0.2) is 6.10 Å². The van der Waals surface area contributed by atoms with Crippen molar-refractivity contribution in [3.05, 3.63) is 9.47 Å². The van der Waals surface area contributed by atoms with Crippen LogP contribution in [0.15, 0.2) is 9.47 Å². The fourth-order valence-electron chi connectivity index (χ4n) is 1.76. The second-order valence-electron chi connectivity index (χ2n) is 3.86. The van der Waals surface area contributed by atoms with E-state index in [0.717, 1.165) is 9.81 Å². The third-order valence-corrected chi connectivity index (χ3v) is 3.90. The van der Waals surface area contributed by atoms with Crippen LogP contribution in [0.5, 0.6) is 0 Å². The van der Waals surface area contributed by atoms with Gasteiger partial charge in [-0.3, -0.25) is 0 Å². The van der Waals surface area contributed by atoms with E-state index in [2.05, 4.69) is 54.3 Å². The zero-order chi connectivity index (χ0) is 9.90. The Morgan fingerprint density at radius 2 is 2.23 bits per heavy atom. The molecule has 0 radical (unpaired) electrons. The average molecular weight is 330 g/mol. The largest absolute Gasteiger partial charge is 0.362 e. The van der Waals surface area contributed by atoms with Gasteiger partial charge < -0.3 is 4.52 Å². The minimum Gasteiger partial charge on any atom is -0.362 e. The van der Waals surface area contributed by atoms with E-state index in [9.17, 15) is 0 Å². The normalized spacial score (nSPS) is 21.8. The van der Waals surface area contributed by atoms with Crippen LogP contribution in [-0.2, 0) is 4.52 Å². The molecule has 1 rings (SSSR count). The predicted molar refractivity (Wildman–Crippen MR) is 67.1 cm³/mol. The Kier molecular flexibility index (Phi) is 4.91. The Balaban J connectivity index is 2.47. The first-order valence-electron chi connectivity index (χ1n) is 4.45. The van der Waals surface area contributed by atoms with E-state index in [0.29, 0.717) is 11.5 Å². The zero-order valence-electron chi connectivity index (χ0n) is 7.72. The van der Waals surface area contributed by atoms with Crippen LogP contribution in [0.25, 0.3) is 0 Å². The molecule has 2 atom stereocenters. The molecule has 0 spiro atoms. The molecule has 0 amide bonds. The highest BCUT2D eigenvalue weighted by Gasteiger charge is 2.39. The fraction of sp³-hybridized carbons (Fsp3) is 0.778. The Morgan fingerprint density at radius 1 is 1.62 bits per heavy atom. The van der Waals surface area contributed by atoms with Gasteiger partial charge >= 0.3 is 0 Å². The van der Waals surface area contributed by atoms with Gasteiger partial charge in [0.25, 0.3) is 0 Å². The summed E-state index contributed by atoms with van der Waals surface area (Å²) in [6, 6.07) is 0. The Morgan fingerprint density at radius 3 is 2.54 bits per heavy atom. The molecule has 0 aromatic heterocycles. The molecule has 0 aromatic carbocycles. The smallest absolute Gasteiger partial charge is 0.0699 e. The van der Waals surface area contributed by atoms with Gasteiger partial charge in [-0.05, 0) is 56.5 Å². The molecule has 0 heterocycles. The van der Waals surface area contributed by atoms with Gasteiger partial charge in [-0.1, -0.05) is 19.4 Å². The minimum atomic E-state index is 0.330. The molecule has 1 aliphatic carbocycles. The molecule has 1 aliphatic rings. The summed E-state index contributed by atoms with van der Waals surface area (Å²) in [5.41, 5.74) is 0.397. The first-order chi connectivity index (χ1) is 6.08. The highest BCUT2D eigenvalue weighted by Crippen LogP contribution is 2.46. The number of halogens is 2. The Hall–Kier alpha value is 1.09. The summed E-state index contributed by atoms with van der Waals surface area (Å²) in [5.74, 6) is 0. The van der Waals surface area contributed by atoms with E-state index in [1.807, 2.05) is 0 Å². The SMILES string of the molecule is CC1(C(CC=C(Br)Br)OP)CCC1. The van der Waals surface area contributed by atoms with E-state index in [1.165, 1.54) is 19.3 Å². The molecule has 76 valence electrons. The molecule has 0 N–H and O–H groups in total. The molecule has 2 unspecified atom stereocenters. The molecule has 1 saturated carbocycles. The molecular formula is C9H15Br2OP. The van der Waals surface area contributed by atoms with Gasteiger partial charge in [0.15, 0.2) is 0 Å². The van der Waals surface area contributed by atoms with Crippen molar-refractivity contribution in [1.29, 1.82) is 0 Å². The molecule has 4 heteroatoms. The first-order valence-corrected chi connectivity index (χ1v) is 6.51. The second kappa shape index (κ2) is 5.25. The zero-order valence-corrected chi connectivity index (χ0v) is 12.1. The van der Waals surface area contributed by atoms with Crippen molar-refractivity contribution in [3.63, 3.8) is 0 Å². The topological polar surface area (TPSA) is 9.23 Å². The van der Waals surface area contributed by atoms with Crippen molar-refractivity contribution < 1.29 is 4.52 Å². The van der Waals surface area contributed by atoms with Crippen molar-refractivity contribution in [2.75, 3.05) is 0 Å². The van der Waals surface area contributed by atoms with Crippen LogP contribution in [0.4, 0.5) is 0 Å². The summed E-state index contributed by atoms with van der Waals surface area (Å²) in [6.45, 7) is 2.31. The fourth-order valence-corrected chi connectivity index (χ4v) is 2.57. The maximum atomic E-state index is 5.44. The Labute approximate surface area is 99.2 Å². The Bertz CT molecular complexity index is 198. The lowest BCUT2D eigenvalue weighted by Crippen LogP contribution is -2.38. The van der Waals surface area contributed by atoms with E-state index in [-0.39, 0.29) is 0 Å². The molecule has 0 saturated heterocycles. The summed E-state index contributed by atoms with van der Waals surface area (Å²) in [5, 5.41) is 0. The van der Waals surface area contributed by atoms with Gasteiger partial charge in [-0.15, -0.1) is 0 Å². The summed E-state index contributed by atoms with van der Waals surface area (Å²) >= 11 is 6.71. The molecular weight excluding hydrogens is 315 g/mol. The summed E-state index contributed by atoms with van der Waals surface area (Å²) in [6.07, 6.45) is 7.33. The minimum absolute atomic E-state index is 0.330. The van der Waals surface area contributed by atoms with Crippen molar-refractivity contribution in [2.45, 2.75) is 38.7 Å². The molecule has 1 fully saturated rings. The maximum absolute atomic E-state index is 5.44. The highest BCUT2D eigenvalue weighted by atomic mass is 79.9. The van der Waals surface area contributed by atoms with Crippen LogP contribution in [0.1, 0.15) is 32.6 Å². The van der Waals surface area contributed by atoms with Gasteiger partial charge in [0.1, 0.15) is 0 Å². The van der Waals surface area contributed by atoms with Gasteiger partial charge in [0.2, 0.25) is 0 Å². The van der Waals surface area contributed by atoms with Crippen LogP contribution in [0.2, 0.25) is 0 Å². The van der Waals surface area contributed by atoms with E-state index < -0.39 is 0 Å². The summed E-state index contributed by atoms with van der Waals surface area (Å²) in [7, 11) is 2.39. The monoisotopic (exact) mass is 328 g/mol. The molecule has 1 nitrogen and oxygen atoms in total. The summed E-state index contributed by atoms with van der Waals surface area (Å²) < 4.78 is 6.45. The van der Waals surface area contributed by atoms with E-state index in [4.69, 9.17) is 4.52 Å². The van der Waals surface area contributed by atoms with Gasteiger partial charge in [0, 0.05) is 9.47 Å². The lowest BCUT2D eigenvalue weighted by molar-refractivity contribution is 0.0109. The number of hydrogen-bond acceptors (Lipinski definition) is 1. The van der Waals surface area contributed by atoms with Crippen molar-refractivity contribution in [1.82, 2.24) is 0 Å². The van der Waals surface area contributed by atoms with Crippen molar-refractivity contribution in [3.8, 4) is 0 Å². The van der Waals surface area contributed by atoms with Crippen LogP contribution >= 0.6 is 41.3 Å². The van der Waals surface area contributed by atoms with Gasteiger partial charge in [-0.25, -0.2) is 0 Å². The van der Waals surface area contributed by atoms with Crippen LogP contribution in [0, 0.1) is 5.41 Å².